The topological polar surface area (TPSA) is 107 Å². The molecule has 1 saturated carbocycles. The smallest absolute Gasteiger partial charge is 0.204 e. The summed E-state index contributed by atoms with van der Waals surface area (Å²) in [6, 6.07) is 9.68. The van der Waals surface area contributed by atoms with Crippen molar-refractivity contribution < 1.29 is 4.79 Å². The van der Waals surface area contributed by atoms with Crippen molar-refractivity contribution in [3.63, 3.8) is 0 Å². The van der Waals surface area contributed by atoms with Gasteiger partial charge in [-0.05, 0) is 65.8 Å². The van der Waals surface area contributed by atoms with Gasteiger partial charge in [-0.2, -0.15) is 10.3 Å². The monoisotopic (exact) mass is 472 g/mol. The highest BCUT2D eigenvalue weighted by molar-refractivity contribution is 6.30. The number of hydrogen-bond donors (Lipinski definition) is 1. The van der Waals surface area contributed by atoms with Crippen molar-refractivity contribution >= 4 is 23.0 Å². The van der Waals surface area contributed by atoms with Crippen LogP contribution in [0.15, 0.2) is 55.1 Å². The fourth-order valence-corrected chi connectivity index (χ4v) is 4.41. The van der Waals surface area contributed by atoms with Gasteiger partial charge in [0.15, 0.2) is 5.78 Å². The average Bonchev–Trinajstić information content (AvgIpc) is 3.21. The van der Waals surface area contributed by atoms with Crippen molar-refractivity contribution in [3.8, 4) is 11.4 Å². The Kier molecular flexibility index (Phi) is 5.18. The van der Waals surface area contributed by atoms with E-state index in [0.717, 1.165) is 22.5 Å². The summed E-state index contributed by atoms with van der Waals surface area (Å²) in [7, 11) is 0. The molecular weight excluding hydrogens is 452 g/mol. The van der Waals surface area contributed by atoms with E-state index >= 15 is 0 Å². The van der Waals surface area contributed by atoms with Gasteiger partial charge in [0.2, 0.25) is 5.82 Å². The van der Waals surface area contributed by atoms with Gasteiger partial charge in [0, 0.05) is 35.6 Å². The lowest BCUT2D eigenvalue weighted by molar-refractivity contribution is 0.0983. The number of imidazole rings is 1. The van der Waals surface area contributed by atoms with E-state index in [1.54, 1.807) is 23.1 Å². The standard InChI is InChI=1S/C24H21ClN8O/c25-19-5-6-21(24-28-30-31-29-24)16(9-19)3-7-22(34)18-10-26-33(12-18)14-20-13-32-11-17(15-1-2-15)4-8-23(32)27-20/h4-6,8-13,15H,1-3,7,14H2,(H,28,29,30,31). The van der Waals surface area contributed by atoms with Crippen LogP contribution in [0.1, 0.15) is 52.4 Å². The molecule has 4 aromatic heterocycles. The number of benzene rings is 1. The van der Waals surface area contributed by atoms with Gasteiger partial charge in [0.25, 0.3) is 0 Å². The van der Waals surface area contributed by atoms with E-state index in [2.05, 4.69) is 53.4 Å². The Hall–Kier alpha value is -3.85. The first kappa shape index (κ1) is 20.7. The number of carbonyl (C=O) groups is 1. The number of aromatic nitrogens is 8. The lowest BCUT2D eigenvalue weighted by atomic mass is 9.99. The van der Waals surface area contributed by atoms with Crippen LogP contribution in [0.3, 0.4) is 0 Å². The molecule has 5 aromatic rings. The molecule has 1 aliphatic rings. The Labute approximate surface area is 199 Å². The molecule has 1 aromatic carbocycles. The largest absolute Gasteiger partial charge is 0.306 e. The third kappa shape index (κ3) is 4.22. The minimum atomic E-state index is 0.00867. The molecule has 4 heterocycles. The highest BCUT2D eigenvalue weighted by atomic mass is 35.5. The number of Topliss-reactive ketones (excluding diaryl/α,β-unsaturated/α-hetero) is 1. The molecule has 0 atom stereocenters. The minimum Gasteiger partial charge on any atom is -0.306 e. The molecule has 0 unspecified atom stereocenters. The quantitative estimate of drug-likeness (QED) is 0.341. The molecule has 0 aliphatic heterocycles. The van der Waals surface area contributed by atoms with E-state index in [1.807, 2.05) is 18.3 Å². The molecule has 0 saturated heterocycles. The van der Waals surface area contributed by atoms with E-state index in [9.17, 15) is 4.79 Å². The van der Waals surface area contributed by atoms with Crippen LogP contribution < -0.4 is 0 Å². The molecule has 0 bridgehead atoms. The first-order valence-corrected chi connectivity index (χ1v) is 11.6. The molecule has 9 nitrogen and oxygen atoms in total. The predicted molar refractivity (Wildman–Crippen MR) is 126 cm³/mol. The second-order valence-electron chi connectivity index (χ2n) is 8.62. The fraction of sp³-hybridized carbons (Fsp3) is 0.250. The molecule has 0 radical (unpaired) electrons. The van der Waals surface area contributed by atoms with E-state index in [0.29, 0.717) is 41.7 Å². The van der Waals surface area contributed by atoms with Gasteiger partial charge in [-0.3, -0.25) is 9.48 Å². The molecule has 1 N–H and O–H groups in total. The number of fused-ring (bicyclic) bond motifs is 1. The molecule has 10 heteroatoms. The second-order valence-corrected chi connectivity index (χ2v) is 9.06. The molecule has 0 spiro atoms. The maximum atomic E-state index is 12.9. The lowest BCUT2D eigenvalue weighted by Gasteiger charge is -2.06. The second kappa shape index (κ2) is 8.49. The summed E-state index contributed by atoms with van der Waals surface area (Å²) in [5.41, 5.74) is 5.46. The van der Waals surface area contributed by atoms with Gasteiger partial charge < -0.3 is 4.40 Å². The maximum Gasteiger partial charge on any atom is 0.204 e. The first-order valence-electron chi connectivity index (χ1n) is 11.2. The van der Waals surface area contributed by atoms with Crippen LogP contribution >= 0.6 is 11.6 Å². The summed E-state index contributed by atoms with van der Waals surface area (Å²) >= 11 is 6.18. The van der Waals surface area contributed by atoms with E-state index in [-0.39, 0.29) is 5.78 Å². The number of aromatic amines is 1. The van der Waals surface area contributed by atoms with Crippen molar-refractivity contribution in [2.75, 3.05) is 0 Å². The number of ketones is 1. The third-order valence-corrected chi connectivity index (χ3v) is 6.36. The summed E-state index contributed by atoms with van der Waals surface area (Å²) in [5, 5.41) is 19.1. The van der Waals surface area contributed by atoms with Crippen molar-refractivity contribution in [2.24, 2.45) is 0 Å². The zero-order valence-corrected chi connectivity index (χ0v) is 19.0. The number of carbonyl (C=O) groups excluding carboxylic acids is 1. The SMILES string of the molecule is O=C(CCc1cc(Cl)ccc1-c1nn[nH]n1)c1cnn(Cc2cn3cc(C4CC4)ccc3n2)c1. The zero-order valence-electron chi connectivity index (χ0n) is 18.2. The predicted octanol–water partition coefficient (Wildman–Crippen LogP) is 4.11. The Morgan fingerprint density at radius 2 is 2.06 bits per heavy atom. The fourth-order valence-electron chi connectivity index (χ4n) is 4.21. The van der Waals surface area contributed by atoms with Gasteiger partial charge in [0.1, 0.15) is 5.65 Å². The Morgan fingerprint density at radius 3 is 2.88 bits per heavy atom. The van der Waals surface area contributed by atoms with E-state index in [4.69, 9.17) is 11.6 Å². The maximum absolute atomic E-state index is 12.9. The first-order chi connectivity index (χ1) is 16.6. The van der Waals surface area contributed by atoms with Gasteiger partial charge >= 0.3 is 0 Å². The Balaban J connectivity index is 1.14. The number of nitrogens with one attached hydrogen (secondary N) is 1. The molecule has 1 aliphatic carbocycles. The Morgan fingerprint density at radius 1 is 1.15 bits per heavy atom. The minimum absolute atomic E-state index is 0.00867. The average molecular weight is 473 g/mol. The lowest BCUT2D eigenvalue weighted by Crippen LogP contribution is -2.03. The summed E-state index contributed by atoms with van der Waals surface area (Å²) in [6.45, 7) is 0.504. The molecule has 6 rings (SSSR count). The van der Waals surface area contributed by atoms with E-state index in [1.165, 1.54) is 18.4 Å². The van der Waals surface area contributed by atoms with Crippen LogP contribution in [0.4, 0.5) is 0 Å². The number of tetrazole rings is 1. The van der Waals surface area contributed by atoms with E-state index < -0.39 is 0 Å². The van der Waals surface area contributed by atoms with Crippen LogP contribution in [-0.2, 0) is 13.0 Å². The van der Waals surface area contributed by atoms with Crippen LogP contribution in [0.5, 0.6) is 0 Å². The number of hydrogen-bond acceptors (Lipinski definition) is 6. The summed E-state index contributed by atoms with van der Waals surface area (Å²) in [5.74, 6) is 1.18. The van der Waals surface area contributed by atoms with Crippen LogP contribution in [-0.4, -0.2) is 45.6 Å². The van der Waals surface area contributed by atoms with Crippen LogP contribution in [0, 0.1) is 0 Å². The molecule has 1 fully saturated rings. The van der Waals surface area contributed by atoms with Gasteiger partial charge in [-0.25, -0.2) is 4.98 Å². The molecule has 0 amide bonds. The van der Waals surface area contributed by atoms with Gasteiger partial charge in [0.05, 0.1) is 24.0 Å². The number of pyridine rings is 1. The third-order valence-electron chi connectivity index (χ3n) is 6.13. The van der Waals surface area contributed by atoms with Crippen molar-refractivity contribution in [3.05, 3.63) is 82.5 Å². The number of halogens is 1. The van der Waals surface area contributed by atoms with Gasteiger partial charge in [-0.1, -0.05) is 17.7 Å². The highest BCUT2D eigenvalue weighted by Gasteiger charge is 2.23. The molecule has 34 heavy (non-hydrogen) atoms. The van der Waals surface area contributed by atoms with Crippen molar-refractivity contribution in [1.82, 2.24) is 39.8 Å². The normalized spacial score (nSPS) is 13.6. The van der Waals surface area contributed by atoms with Crippen molar-refractivity contribution in [2.45, 2.75) is 38.1 Å². The zero-order chi connectivity index (χ0) is 23.1. The number of aryl methyl sites for hydroxylation is 1. The summed E-state index contributed by atoms with van der Waals surface area (Å²) in [4.78, 5) is 17.5. The summed E-state index contributed by atoms with van der Waals surface area (Å²) < 4.78 is 3.83. The van der Waals surface area contributed by atoms with Gasteiger partial charge in [-0.15, -0.1) is 10.2 Å². The van der Waals surface area contributed by atoms with Crippen LogP contribution in [0.2, 0.25) is 5.02 Å². The number of nitrogens with zero attached hydrogens (tertiary/aromatic N) is 7. The highest BCUT2D eigenvalue weighted by Crippen LogP contribution is 2.39. The van der Waals surface area contributed by atoms with Crippen LogP contribution in [0.25, 0.3) is 17.0 Å². The summed E-state index contributed by atoms with van der Waals surface area (Å²) in [6.07, 6.45) is 10.9. The Bertz CT molecular complexity index is 1480. The van der Waals surface area contributed by atoms with Crippen molar-refractivity contribution in [1.29, 1.82) is 0 Å². The molecule has 170 valence electrons. The number of rotatable bonds is 8. The molecular formula is C24H21ClN8O. The number of H-pyrrole nitrogens is 1.